The highest BCUT2D eigenvalue weighted by atomic mass is 19.1. The second kappa shape index (κ2) is 7.85. The smallest absolute Gasteiger partial charge is 0.346 e. The third-order valence-electron chi connectivity index (χ3n) is 5.08. The highest BCUT2D eigenvalue weighted by Crippen LogP contribution is 2.31. The number of hydrogen-bond acceptors (Lipinski definition) is 3. The van der Waals surface area contributed by atoms with Gasteiger partial charge in [-0.3, -0.25) is 0 Å². The van der Waals surface area contributed by atoms with Crippen LogP contribution in [-0.4, -0.2) is 6.61 Å². The van der Waals surface area contributed by atoms with Crippen molar-refractivity contribution in [3.8, 4) is 5.75 Å². The van der Waals surface area contributed by atoms with E-state index in [4.69, 9.17) is 9.15 Å². The molecule has 2 aromatic rings. The van der Waals surface area contributed by atoms with E-state index in [0.717, 1.165) is 32.1 Å². The minimum atomic E-state index is -0.629. The monoisotopic (exact) mass is 344 g/mol. The van der Waals surface area contributed by atoms with Gasteiger partial charge in [0.15, 0.2) is 11.6 Å². The van der Waals surface area contributed by atoms with Crippen LogP contribution in [0.4, 0.5) is 4.39 Å². The molecule has 1 heterocycles. The van der Waals surface area contributed by atoms with E-state index in [2.05, 4.69) is 6.58 Å². The van der Waals surface area contributed by atoms with Crippen LogP contribution in [0.1, 0.15) is 44.8 Å². The average molecular weight is 344 g/mol. The molecule has 3 nitrogen and oxygen atoms in total. The van der Waals surface area contributed by atoms with Crippen molar-refractivity contribution in [1.29, 1.82) is 0 Å². The third kappa shape index (κ3) is 3.94. The molecule has 1 aromatic carbocycles. The number of fused-ring (bicyclic) bond motifs is 1. The van der Waals surface area contributed by atoms with E-state index in [9.17, 15) is 9.18 Å². The molecular formula is C21H25FO3. The Balaban J connectivity index is 1.75. The van der Waals surface area contributed by atoms with Gasteiger partial charge in [0, 0.05) is 6.42 Å². The van der Waals surface area contributed by atoms with Crippen LogP contribution in [0.3, 0.4) is 0 Å². The van der Waals surface area contributed by atoms with Crippen molar-refractivity contribution in [2.45, 2.75) is 45.4 Å². The molecule has 1 aliphatic carbocycles. The first-order chi connectivity index (χ1) is 12.1. The van der Waals surface area contributed by atoms with Gasteiger partial charge in [-0.15, -0.1) is 6.58 Å². The van der Waals surface area contributed by atoms with Gasteiger partial charge in [-0.2, -0.15) is 0 Å². The fourth-order valence-corrected chi connectivity index (χ4v) is 3.55. The number of halogens is 1. The number of hydrogen-bond donors (Lipinski definition) is 0. The lowest BCUT2D eigenvalue weighted by Crippen LogP contribution is -2.19. The Bertz CT molecular complexity index is 801. The number of rotatable bonds is 6. The van der Waals surface area contributed by atoms with Gasteiger partial charge in [0.2, 0.25) is 0 Å². The minimum Gasteiger partial charge on any atom is -0.490 e. The Morgan fingerprint density at radius 3 is 2.76 bits per heavy atom. The lowest BCUT2D eigenvalue weighted by atomic mass is 9.82. The van der Waals surface area contributed by atoms with Crippen molar-refractivity contribution in [1.82, 2.24) is 0 Å². The van der Waals surface area contributed by atoms with E-state index in [1.165, 1.54) is 0 Å². The Morgan fingerprint density at radius 2 is 2.08 bits per heavy atom. The first-order valence-electron chi connectivity index (χ1n) is 9.13. The van der Waals surface area contributed by atoms with Crippen LogP contribution in [0.5, 0.6) is 5.75 Å². The van der Waals surface area contributed by atoms with Crippen LogP contribution < -0.4 is 10.4 Å². The normalized spacial score (nSPS) is 20.6. The molecule has 0 atom stereocenters. The molecule has 0 N–H and O–H groups in total. The molecule has 0 aliphatic heterocycles. The van der Waals surface area contributed by atoms with Crippen LogP contribution >= 0.6 is 0 Å². The quantitative estimate of drug-likeness (QED) is 0.671. The third-order valence-corrected chi connectivity index (χ3v) is 5.08. The van der Waals surface area contributed by atoms with Crippen LogP contribution in [0.25, 0.3) is 10.8 Å². The van der Waals surface area contributed by atoms with Gasteiger partial charge in [-0.05, 0) is 61.5 Å². The van der Waals surface area contributed by atoms with E-state index in [-0.39, 0.29) is 11.1 Å². The molecule has 3 rings (SSSR count). The van der Waals surface area contributed by atoms with Gasteiger partial charge < -0.3 is 9.15 Å². The van der Waals surface area contributed by atoms with Gasteiger partial charge in [0.25, 0.3) is 0 Å². The standard InChI is InChI=1S/C21H25FO3/c1-3-5-17-12-16-10-11-18(20(22)19(16)21(23)25-17)24-13-15-8-6-14(4-2)7-9-15/h4,10-12,14-15H,2-3,5-9,13H2,1H3. The van der Waals surface area contributed by atoms with E-state index in [1.54, 1.807) is 18.2 Å². The first kappa shape index (κ1) is 17.7. The highest BCUT2D eigenvalue weighted by Gasteiger charge is 2.21. The SMILES string of the molecule is C=CC1CCC(COc2ccc3cc(CCC)oc(=O)c3c2F)CC1. The summed E-state index contributed by atoms with van der Waals surface area (Å²) in [4.78, 5) is 12.2. The Labute approximate surface area is 147 Å². The van der Waals surface area contributed by atoms with E-state index in [0.29, 0.717) is 36.0 Å². The maximum Gasteiger partial charge on any atom is 0.346 e. The molecule has 1 fully saturated rings. The highest BCUT2D eigenvalue weighted by molar-refractivity contribution is 5.83. The maximum absolute atomic E-state index is 14.7. The fourth-order valence-electron chi connectivity index (χ4n) is 3.55. The minimum absolute atomic E-state index is 0.0206. The number of benzene rings is 1. The molecule has 0 saturated heterocycles. The van der Waals surface area contributed by atoms with Gasteiger partial charge in [0.1, 0.15) is 11.1 Å². The number of ether oxygens (including phenoxy) is 1. The lowest BCUT2D eigenvalue weighted by Gasteiger charge is -2.26. The van der Waals surface area contributed by atoms with Gasteiger partial charge in [0.05, 0.1) is 6.61 Å². The van der Waals surface area contributed by atoms with Crippen LogP contribution in [0.2, 0.25) is 0 Å². The molecule has 25 heavy (non-hydrogen) atoms. The topological polar surface area (TPSA) is 39.4 Å². The zero-order valence-electron chi connectivity index (χ0n) is 14.7. The Kier molecular flexibility index (Phi) is 5.57. The summed E-state index contributed by atoms with van der Waals surface area (Å²) in [6, 6.07) is 5.09. The first-order valence-corrected chi connectivity index (χ1v) is 9.13. The van der Waals surface area contributed by atoms with Crippen LogP contribution in [-0.2, 0) is 6.42 Å². The summed E-state index contributed by atoms with van der Waals surface area (Å²) in [6.45, 7) is 6.33. The summed E-state index contributed by atoms with van der Waals surface area (Å²) < 4.78 is 25.6. The zero-order valence-corrected chi connectivity index (χ0v) is 14.7. The summed E-state index contributed by atoms with van der Waals surface area (Å²) in [5.41, 5.74) is -0.629. The molecule has 0 radical (unpaired) electrons. The summed E-state index contributed by atoms with van der Waals surface area (Å²) in [5.74, 6) is 1.13. The van der Waals surface area contributed by atoms with Crippen molar-refractivity contribution in [3.63, 3.8) is 0 Å². The van der Waals surface area contributed by atoms with Gasteiger partial charge >= 0.3 is 5.63 Å². The zero-order chi connectivity index (χ0) is 17.8. The molecule has 1 aromatic heterocycles. The summed E-state index contributed by atoms with van der Waals surface area (Å²) in [5, 5.41) is 0.545. The Morgan fingerprint density at radius 1 is 1.32 bits per heavy atom. The molecular weight excluding hydrogens is 319 g/mol. The van der Waals surface area contributed by atoms with Crippen molar-refractivity contribution in [2.24, 2.45) is 11.8 Å². The molecule has 0 amide bonds. The predicted molar refractivity (Wildman–Crippen MR) is 97.6 cm³/mol. The predicted octanol–water partition coefficient (Wildman–Crippen LogP) is 5.26. The second-order valence-electron chi connectivity index (χ2n) is 6.92. The van der Waals surface area contributed by atoms with Gasteiger partial charge in [-0.25, -0.2) is 9.18 Å². The van der Waals surface area contributed by atoms with Crippen LogP contribution in [0, 0.1) is 17.7 Å². The summed E-state index contributed by atoms with van der Waals surface area (Å²) >= 11 is 0. The summed E-state index contributed by atoms with van der Waals surface area (Å²) in [6.07, 6.45) is 7.91. The second-order valence-corrected chi connectivity index (χ2v) is 6.92. The van der Waals surface area contributed by atoms with Crippen molar-refractivity contribution < 1.29 is 13.5 Å². The summed E-state index contributed by atoms with van der Waals surface area (Å²) in [7, 11) is 0. The molecule has 0 bridgehead atoms. The van der Waals surface area contributed by atoms with Gasteiger partial charge in [-0.1, -0.05) is 19.1 Å². The molecule has 134 valence electrons. The van der Waals surface area contributed by atoms with Crippen molar-refractivity contribution >= 4 is 10.8 Å². The van der Waals surface area contributed by atoms with Crippen molar-refractivity contribution in [3.05, 3.63) is 52.9 Å². The number of aryl methyl sites for hydroxylation is 1. The fraction of sp³-hybridized carbons (Fsp3) is 0.476. The molecule has 4 heteroatoms. The van der Waals surface area contributed by atoms with E-state index in [1.807, 2.05) is 13.0 Å². The largest absolute Gasteiger partial charge is 0.490 e. The Hall–Kier alpha value is -2.10. The van der Waals surface area contributed by atoms with E-state index < -0.39 is 11.4 Å². The van der Waals surface area contributed by atoms with Crippen LogP contribution in [0.15, 0.2) is 40.1 Å². The van der Waals surface area contributed by atoms with E-state index >= 15 is 0 Å². The maximum atomic E-state index is 14.7. The molecule has 1 aliphatic rings. The van der Waals surface area contributed by atoms with Crippen molar-refractivity contribution in [2.75, 3.05) is 6.61 Å². The lowest BCUT2D eigenvalue weighted by molar-refractivity contribution is 0.190. The average Bonchev–Trinajstić information content (AvgIpc) is 2.61. The molecule has 0 spiro atoms. The number of allylic oxidation sites excluding steroid dienone is 1. The molecule has 1 saturated carbocycles. The molecule has 0 unspecified atom stereocenters.